The van der Waals surface area contributed by atoms with Crippen molar-refractivity contribution in [1.29, 1.82) is 0 Å². The summed E-state index contributed by atoms with van der Waals surface area (Å²) in [6.45, 7) is 3.36. The molecule has 0 N–H and O–H groups in total. The molecular formula is C28H36ClN3O4S. The van der Waals surface area contributed by atoms with Crippen molar-refractivity contribution < 1.29 is 17.9 Å². The zero-order valence-corrected chi connectivity index (χ0v) is 23.0. The van der Waals surface area contributed by atoms with Crippen LogP contribution in [-0.2, 0) is 14.8 Å². The number of carbonyl (C=O) groups is 1. The Labute approximate surface area is 225 Å². The lowest BCUT2D eigenvalue weighted by Gasteiger charge is -2.37. The number of amides is 1. The number of halogens is 1. The van der Waals surface area contributed by atoms with Gasteiger partial charge in [-0.15, -0.1) is 0 Å². The number of hydrogen-bond donors (Lipinski definition) is 0. The molecule has 0 radical (unpaired) electrons. The molecule has 4 rings (SSSR count). The molecule has 0 atom stereocenters. The second-order valence-corrected chi connectivity index (χ2v) is 11.9. The minimum atomic E-state index is -3.90. The summed E-state index contributed by atoms with van der Waals surface area (Å²) in [7, 11) is -2.42. The van der Waals surface area contributed by atoms with Crippen molar-refractivity contribution in [3.05, 3.63) is 65.2 Å². The van der Waals surface area contributed by atoms with Crippen molar-refractivity contribution in [1.82, 2.24) is 14.1 Å². The zero-order chi connectivity index (χ0) is 26.3. The summed E-state index contributed by atoms with van der Waals surface area (Å²) in [4.78, 5) is 17.5. The molecular weight excluding hydrogens is 510 g/mol. The summed E-state index contributed by atoms with van der Waals surface area (Å²) in [5, 5.41) is 0.232. The molecule has 37 heavy (non-hydrogen) atoms. The number of carbonyl (C=O) groups excluding carboxylic acids is 1. The largest absolute Gasteiger partial charge is 0.495 e. The Kier molecular flexibility index (Phi) is 9.65. The second kappa shape index (κ2) is 12.9. The smallest absolute Gasteiger partial charge is 0.243 e. The first-order chi connectivity index (χ1) is 17.9. The quantitative estimate of drug-likeness (QED) is 0.463. The number of methoxy groups -OCH3 is 1. The van der Waals surface area contributed by atoms with Crippen LogP contribution in [0.15, 0.2) is 59.5 Å². The van der Waals surface area contributed by atoms with E-state index in [1.807, 2.05) is 18.2 Å². The summed E-state index contributed by atoms with van der Waals surface area (Å²) in [6.07, 6.45) is 8.79. The molecule has 2 fully saturated rings. The second-order valence-electron chi connectivity index (χ2n) is 9.63. The number of hydrogen-bond acceptors (Lipinski definition) is 5. The van der Waals surface area contributed by atoms with Crippen LogP contribution >= 0.6 is 11.6 Å². The fourth-order valence-corrected chi connectivity index (χ4v) is 7.02. The molecule has 1 saturated heterocycles. The van der Waals surface area contributed by atoms with Crippen molar-refractivity contribution >= 4 is 33.6 Å². The van der Waals surface area contributed by atoms with Gasteiger partial charge in [-0.25, -0.2) is 8.42 Å². The maximum absolute atomic E-state index is 13.7. The Morgan fingerprint density at radius 1 is 1.05 bits per heavy atom. The van der Waals surface area contributed by atoms with Crippen molar-refractivity contribution in [2.75, 3.05) is 46.4 Å². The molecule has 0 aromatic heterocycles. The average Bonchev–Trinajstić information content (AvgIpc) is 2.93. The maximum Gasteiger partial charge on any atom is 0.243 e. The third-order valence-electron chi connectivity index (χ3n) is 7.20. The summed E-state index contributed by atoms with van der Waals surface area (Å²) < 4.78 is 34.1. The van der Waals surface area contributed by atoms with Crippen LogP contribution < -0.4 is 4.74 Å². The highest BCUT2D eigenvalue weighted by Crippen LogP contribution is 2.32. The van der Waals surface area contributed by atoms with Crippen LogP contribution in [0.5, 0.6) is 5.75 Å². The van der Waals surface area contributed by atoms with Crippen molar-refractivity contribution in [2.24, 2.45) is 0 Å². The molecule has 0 bridgehead atoms. The van der Waals surface area contributed by atoms with Crippen LogP contribution in [0, 0.1) is 0 Å². The Bertz CT molecular complexity index is 1180. The minimum absolute atomic E-state index is 0.0895. The average molecular weight is 546 g/mol. The van der Waals surface area contributed by atoms with Gasteiger partial charge in [0.15, 0.2) is 0 Å². The normalized spacial score (nSPS) is 18.0. The van der Waals surface area contributed by atoms with Gasteiger partial charge in [0, 0.05) is 38.8 Å². The van der Waals surface area contributed by atoms with Gasteiger partial charge in [-0.3, -0.25) is 9.69 Å². The van der Waals surface area contributed by atoms with Gasteiger partial charge in [-0.2, -0.15) is 4.31 Å². The third kappa shape index (κ3) is 7.13. The Balaban J connectivity index is 1.40. The molecule has 0 unspecified atom stereocenters. The molecule has 200 valence electrons. The van der Waals surface area contributed by atoms with Gasteiger partial charge >= 0.3 is 0 Å². The highest BCUT2D eigenvalue weighted by molar-refractivity contribution is 7.89. The van der Waals surface area contributed by atoms with Gasteiger partial charge < -0.3 is 9.64 Å². The van der Waals surface area contributed by atoms with Gasteiger partial charge in [0.25, 0.3) is 0 Å². The molecule has 1 saturated carbocycles. The maximum atomic E-state index is 13.7. The summed E-state index contributed by atoms with van der Waals surface area (Å²) >= 11 is 6.25. The molecule has 2 aromatic rings. The van der Waals surface area contributed by atoms with Gasteiger partial charge in [-0.1, -0.05) is 73.3 Å². The van der Waals surface area contributed by atoms with E-state index >= 15 is 0 Å². The van der Waals surface area contributed by atoms with Crippen LogP contribution in [-0.4, -0.2) is 80.9 Å². The number of ether oxygens (including phenoxy) is 1. The number of benzene rings is 2. The number of nitrogens with zero attached hydrogens (tertiary/aromatic N) is 3. The summed E-state index contributed by atoms with van der Waals surface area (Å²) in [5.41, 5.74) is 1.17. The lowest BCUT2D eigenvalue weighted by molar-refractivity contribution is -0.133. The van der Waals surface area contributed by atoms with E-state index in [1.165, 1.54) is 29.1 Å². The van der Waals surface area contributed by atoms with Crippen molar-refractivity contribution in [2.45, 2.75) is 43.0 Å². The van der Waals surface area contributed by atoms with Crippen LogP contribution in [0.1, 0.15) is 37.7 Å². The molecule has 9 heteroatoms. The number of piperazine rings is 1. The van der Waals surface area contributed by atoms with Gasteiger partial charge in [0.05, 0.1) is 23.6 Å². The standard InChI is InChI=1S/C28H36ClN3O4S/c1-36-27-15-14-25(21-26(27)29)37(34,35)32(24-12-6-3-7-13-24)22-28(33)31-19-17-30(18-20-31)16-8-11-23-9-4-2-5-10-23/h2,4-5,8-11,14-15,21,24H,3,6-7,12-13,16-20,22H2,1H3/b11-8+. The highest BCUT2D eigenvalue weighted by atomic mass is 35.5. The first-order valence-electron chi connectivity index (χ1n) is 13.0. The third-order valence-corrected chi connectivity index (χ3v) is 9.39. The molecule has 2 aromatic carbocycles. The van der Waals surface area contributed by atoms with Crippen LogP contribution in [0.3, 0.4) is 0 Å². The molecule has 1 amide bonds. The van der Waals surface area contributed by atoms with E-state index in [2.05, 4.69) is 29.2 Å². The number of sulfonamides is 1. The van der Waals surface area contributed by atoms with E-state index < -0.39 is 10.0 Å². The zero-order valence-electron chi connectivity index (χ0n) is 21.4. The Morgan fingerprint density at radius 2 is 1.76 bits per heavy atom. The van der Waals surface area contributed by atoms with Crippen molar-refractivity contribution in [3.8, 4) is 5.75 Å². The van der Waals surface area contributed by atoms with Gasteiger partial charge in [-0.05, 0) is 36.6 Å². The predicted molar refractivity (Wildman–Crippen MR) is 147 cm³/mol. The first kappa shape index (κ1) is 27.6. The van der Waals surface area contributed by atoms with E-state index in [4.69, 9.17) is 16.3 Å². The van der Waals surface area contributed by atoms with E-state index in [-0.39, 0.29) is 28.4 Å². The Hall–Kier alpha value is -2.39. The first-order valence-corrected chi connectivity index (χ1v) is 14.8. The van der Waals surface area contributed by atoms with Crippen molar-refractivity contribution in [3.63, 3.8) is 0 Å². The van der Waals surface area contributed by atoms with E-state index in [9.17, 15) is 13.2 Å². The molecule has 1 aliphatic carbocycles. The molecule has 1 aliphatic heterocycles. The van der Waals surface area contributed by atoms with Crippen LogP contribution in [0.4, 0.5) is 0 Å². The monoisotopic (exact) mass is 545 g/mol. The van der Waals surface area contributed by atoms with Gasteiger partial charge in [0.2, 0.25) is 15.9 Å². The molecule has 7 nitrogen and oxygen atoms in total. The lowest BCUT2D eigenvalue weighted by Crippen LogP contribution is -2.53. The topological polar surface area (TPSA) is 70.2 Å². The number of rotatable bonds is 9. The van der Waals surface area contributed by atoms with Crippen LogP contribution in [0.2, 0.25) is 5.02 Å². The molecule has 2 aliphatic rings. The molecule has 0 spiro atoms. The van der Waals surface area contributed by atoms with E-state index in [0.29, 0.717) is 18.8 Å². The Morgan fingerprint density at radius 3 is 2.41 bits per heavy atom. The highest BCUT2D eigenvalue weighted by Gasteiger charge is 2.35. The summed E-state index contributed by atoms with van der Waals surface area (Å²) in [6, 6.07) is 14.5. The fourth-order valence-electron chi connectivity index (χ4n) is 5.04. The fraction of sp³-hybridized carbons (Fsp3) is 0.464. The van der Waals surface area contributed by atoms with E-state index in [0.717, 1.165) is 51.7 Å². The lowest BCUT2D eigenvalue weighted by atomic mass is 9.95. The van der Waals surface area contributed by atoms with Gasteiger partial charge in [0.1, 0.15) is 5.75 Å². The summed E-state index contributed by atoms with van der Waals surface area (Å²) in [5.74, 6) is 0.269. The molecule has 1 heterocycles. The minimum Gasteiger partial charge on any atom is -0.495 e. The van der Waals surface area contributed by atoms with Crippen LogP contribution in [0.25, 0.3) is 6.08 Å². The SMILES string of the molecule is COc1ccc(S(=O)(=O)N(CC(=O)N2CCN(C/C=C/c3ccccc3)CC2)C2CCCCC2)cc1Cl. The predicted octanol–water partition coefficient (Wildman–Crippen LogP) is 4.53. The van der Waals surface area contributed by atoms with E-state index in [1.54, 1.807) is 11.0 Å².